The maximum Gasteiger partial charge on any atom is 0.229 e. The van der Waals surface area contributed by atoms with Gasteiger partial charge < -0.3 is 20.5 Å². The summed E-state index contributed by atoms with van der Waals surface area (Å²) in [6.45, 7) is 2.67. The summed E-state index contributed by atoms with van der Waals surface area (Å²) >= 11 is 0. The fourth-order valence-corrected chi connectivity index (χ4v) is 2.86. The van der Waals surface area contributed by atoms with E-state index in [1.165, 1.54) is 0 Å². The monoisotopic (exact) mass is 406 g/mol. The first-order chi connectivity index (χ1) is 14.8. The predicted molar refractivity (Wildman–Crippen MR) is 116 cm³/mol. The number of rotatable bonds is 6. The molecule has 1 fully saturated rings. The molecule has 7 nitrogen and oxygen atoms in total. The van der Waals surface area contributed by atoms with Crippen LogP contribution in [0.2, 0.25) is 0 Å². The smallest absolute Gasteiger partial charge is 0.229 e. The minimum absolute atomic E-state index is 0.294. The maximum atomic E-state index is 10.9. The second-order valence-electron chi connectivity index (χ2n) is 6.77. The Balaban J connectivity index is 0.000000269. The molecule has 4 rings (SSSR count). The van der Waals surface area contributed by atoms with E-state index in [1.54, 1.807) is 36.7 Å². The molecule has 1 aliphatic rings. The lowest BCUT2D eigenvalue weighted by Crippen LogP contribution is -2.22. The minimum atomic E-state index is 0.294. The topological polar surface area (TPSA) is 99.4 Å². The first kappa shape index (κ1) is 21.4. The van der Waals surface area contributed by atoms with Crippen LogP contribution in [0, 0.1) is 5.92 Å². The number of pyridine rings is 2. The van der Waals surface area contributed by atoms with E-state index in [9.17, 15) is 4.79 Å². The highest BCUT2D eigenvalue weighted by Crippen LogP contribution is 2.24. The number of hydrogen-bond acceptors (Lipinski definition) is 7. The van der Waals surface area contributed by atoms with Crippen LogP contribution >= 0.6 is 0 Å². The van der Waals surface area contributed by atoms with Gasteiger partial charge in [0.05, 0.1) is 5.56 Å². The van der Waals surface area contributed by atoms with Crippen molar-refractivity contribution in [2.75, 3.05) is 25.1 Å². The van der Waals surface area contributed by atoms with Crippen molar-refractivity contribution < 1.29 is 14.3 Å². The van der Waals surface area contributed by atoms with Gasteiger partial charge in [0.15, 0.2) is 6.29 Å². The number of nitrogens with two attached hydrogens (primary N) is 1. The predicted octanol–water partition coefficient (Wildman–Crippen LogP) is 4.20. The van der Waals surface area contributed by atoms with Gasteiger partial charge in [0, 0.05) is 31.3 Å². The first-order valence-corrected chi connectivity index (χ1v) is 9.92. The average molecular weight is 406 g/mol. The Hall–Kier alpha value is -3.29. The van der Waals surface area contributed by atoms with Crippen LogP contribution in [0.1, 0.15) is 23.2 Å². The number of carbonyl (C=O) groups excluding carboxylic acids is 1. The van der Waals surface area contributed by atoms with E-state index in [-0.39, 0.29) is 0 Å². The molecule has 1 saturated heterocycles. The van der Waals surface area contributed by atoms with Crippen molar-refractivity contribution in [2.24, 2.45) is 11.7 Å². The summed E-state index contributed by atoms with van der Waals surface area (Å²) in [7, 11) is 0. The summed E-state index contributed by atoms with van der Waals surface area (Å²) in [6, 6.07) is 16.3. The molecule has 2 aromatic heterocycles. The second kappa shape index (κ2) is 11.6. The van der Waals surface area contributed by atoms with Crippen molar-refractivity contribution >= 4 is 17.8 Å². The zero-order chi connectivity index (χ0) is 21.0. The molecule has 3 heterocycles. The third-order valence-electron chi connectivity index (χ3n) is 4.61. The van der Waals surface area contributed by atoms with Crippen LogP contribution in [0.4, 0.5) is 11.5 Å². The molecule has 0 radical (unpaired) electrons. The lowest BCUT2D eigenvalue weighted by atomic mass is 10.0. The minimum Gasteiger partial charge on any atom is -0.438 e. The molecule has 0 amide bonds. The van der Waals surface area contributed by atoms with Crippen molar-refractivity contribution in [3.8, 4) is 11.6 Å². The standard InChI is InChI=1S/C17H13N3O2.C6H13NO/c21-12-13-4-3-11-19-17(13)22-15-8-6-14(7-9-15)20-16-5-1-2-10-18-16;7-5-6-1-3-8-4-2-6/h1-12H,(H,18,20);6H,1-5,7H2. The van der Waals surface area contributed by atoms with E-state index < -0.39 is 0 Å². The summed E-state index contributed by atoms with van der Waals surface area (Å²) in [4.78, 5) is 19.2. The molecule has 0 unspecified atom stereocenters. The van der Waals surface area contributed by atoms with Gasteiger partial charge in [-0.15, -0.1) is 0 Å². The van der Waals surface area contributed by atoms with E-state index in [1.807, 2.05) is 30.3 Å². The number of benzene rings is 1. The summed E-state index contributed by atoms with van der Waals surface area (Å²) in [5.74, 6) is 2.41. The van der Waals surface area contributed by atoms with Crippen molar-refractivity contribution in [1.82, 2.24) is 9.97 Å². The van der Waals surface area contributed by atoms with Crippen LogP contribution < -0.4 is 15.8 Å². The fraction of sp³-hybridized carbons (Fsp3) is 0.261. The van der Waals surface area contributed by atoms with E-state index in [0.717, 1.165) is 56.3 Å². The first-order valence-electron chi connectivity index (χ1n) is 9.92. The molecule has 1 aromatic carbocycles. The van der Waals surface area contributed by atoms with Gasteiger partial charge in [-0.1, -0.05) is 6.07 Å². The Bertz CT molecular complexity index is 898. The Morgan fingerprint density at radius 1 is 1.03 bits per heavy atom. The highest BCUT2D eigenvalue weighted by atomic mass is 16.5. The van der Waals surface area contributed by atoms with Crippen LogP contribution in [0.3, 0.4) is 0 Å². The summed E-state index contributed by atoms with van der Waals surface area (Å²) < 4.78 is 10.8. The SMILES string of the molecule is NCC1CCOCC1.O=Cc1cccnc1Oc1ccc(Nc2ccccn2)cc1. The van der Waals surface area contributed by atoms with Crippen LogP contribution in [0.15, 0.2) is 67.0 Å². The molecule has 0 bridgehead atoms. The second-order valence-corrected chi connectivity index (χ2v) is 6.77. The zero-order valence-electron chi connectivity index (χ0n) is 16.7. The van der Waals surface area contributed by atoms with Crippen LogP contribution in [0.5, 0.6) is 11.6 Å². The van der Waals surface area contributed by atoms with E-state index in [2.05, 4.69) is 15.3 Å². The third kappa shape index (κ3) is 6.65. The maximum absolute atomic E-state index is 10.9. The number of carbonyl (C=O) groups is 1. The largest absolute Gasteiger partial charge is 0.438 e. The molecule has 156 valence electrons. The Labute approximate surface area is 176 Å². The molecular weight excluding hydrogens is 380 g/mol. The van der Waals surface area contributed by atoms with Crippen LogP contribution in [0.25, 0.3) is 0 Å². The van der Waals surface area contributed by atoms with Gasteiger partial charge in [0.2, 0.25) is 5.88 Å². The molecular formula is C23H26N4O3. The van der Waals surface area contributed by atoms with Crippen LogP contribution in [-0.2, 0) is 4.74 Å². The number of anilines is 2. The Morgan fingerprint density at radius 2 is 1.80 bits per heavy atom. The lowest BCUT2D eigenvalue weighted by molar-refractivity contribution is 0.0688. The van der Waals surface area contributed by atoms with Gasteiger partial charge in [-0.25, -0.2) is 9.97 Å². The lowest BCUT2D eigenvalue weighted by Gasteiger charge is -2.19. The number of nitrogens with one attached hydrogen (secondary N) is 1. The molecule has 0 spiro atoms. The van der Waals surface area contributed by atoms with Crippen LogP contribution in [-0.4, -0.2) is 36.0 Å². The number of hydrogen-bond donors (Lipinski definition) is 2. The molecule has 0 atom stereocenters. The van der Waals surface area contributed by atoms with Crippen molar-refractivity contribution in [1.29, 1.82) is 0 Å². The van der Waals surface area contributed by atoms with E-state index >= 15 is 0 Å². The van der Waals surface area contributed by atoms with Gasteiger partial charge in [0.25, 0.3) is 0 Å². The summed E-state index contributed by atoms with van der Waals surface area (Å²) in [5.41, 5.74) is 6.75. The molecule has 30 heavy (non-hydrogen) atoms. The van der Waals surface area contributed by atoms with Crippen molar-refractivity contribution in [3.63, 3.8) is 0 Å². The van der Waals surface area contributed by atoms with E-state index in [4.69, 9.17) is 15.2 Å². The number of ether oxygens (including phenoxy) is 2. The number of aldehydes is 1. The van der Waals surface area contributed by atoms with Gasteiger partial charge in [-0.05, 0) is 73.8 Å². The zero-order valence-corrected chi connectivity index (χ0v) is 16.7. The van der Waals surface area contributed by atoms with Gasteiger partial charge in [-0.2, -0.15) is 0 Å². The van der Waals surface area contributed by atoms with E-state index in [0.29, 0.717) is 17.2 Å². The highest BCUT2D eigenvalue weighted by molar-refractivity contribution is 5.78. The quantitative estimate of drug-likeness (QED) is 0.592. The van der Waals surface area contributed by atoms with Crippen molar-refractivity contribution in [2.45, 2.75) is 12.8 Å². The van der Waals surface area contributed by atoms with Crippen molar-refractivity contribution in [3.05, 3.63) is 72.6 Å². The van der Waals surface area contributed by atoms with Gasteiger partial charge >= 0.3 is 0 Å². The molecule has 7 heteroatoms. The normalized spacial score (nSPS) is 13.6. The molecule has 0 saturated carbocycles. The Morgan fingerprint density at radius 3 is 2.43 bits per heavy atom. The molecule has 1 aliphatic heterocycles. The Kier molecular flexibility index (Phi) is 8.32. The number of aromatic nitrogens is 2. The molecule has 0 aliphatic carbocycles. The molecule has 3 N–H and O–H groups in total. The molecule has 3 aromatic rings. The number of nitrogens with zero attached hydrogens (tertiary/aromatic N) is 2. The summed E-state index contributed by atoms with van der Waals surface area (Å²) in [6.07, 6.45) is 6.35. The van der Waals surface area contributed by atoms with Gasteiger partial charge in [0.1, 0.15) is 11.6 Å². The fourth-order valence-electron chi connectivity index (χ4n) is 2.86. The summed E-state index contributed by atoms with van der Waals surface area (Å²) in [5, 5.41) is 3.18. The van der Waals surface area contributed by atoms with Gasteiger partial charge in [-0.3, -0.25) is 4.79 Å². The average Bonchev–Trinajstić information content (AvgIpc) is 2.82. The highest BCUT2D eigenvalue weighted by Gasteiger charge is 2.10. The third-order valence-corrected chi connectivity index (χ3v) is 4.61.